The number of nitrogens with one attached hydrogen (secondary N) is 2. The minimum atomic E-state index is -4.18. The van der Waals surface area contributed by atoms with Gasteiger partial charge in [-0.3, -0.25) is 14.1 Å². The van der Waals surface area contributed by atoms with Gasteiger partial charge in [-0.15, -0.1) is 0 Å². The molecule has 0 bridgehead atoms. The van der Waals surface area contributed by atoms with Crippen LogP contribution in [0.5, 0.6) is 0 Å². The average Bonchev–Trinajstić information content (AvgIpc) is 2.88. The second-order valence-corrected chi connectivity index (χ2v) is 12.9. The highest BCUT2D eigenvalue weighted by Crippen LogP contribution is 2.29. The van der Waals surface area contributed by atoms with Gasteiger partial charge in [0.2, 0.25) is 5.91 Å². The van der Waals surface area contributed by atoms with Gasteiger partial charge in [-0.1, -0.05) is 80.9 Å². The minimum absolute atomic E-state index is 0.0211. The Bertz CT molecular complexity index is 1530. The largest absolute Gasteiger partial charge is 0.351 e. The molecule has 0 radical (unpaired) electrons. The van der Waals surface area contributed by atoms with E-state index in [1.165, 1.54) is 6.07 Å². The van der Waals surface area contributed by atoms with E-state index in [0.717, 1.165) is 22.8 Å². The standard InChI is InChI=1S/C31H34ClFN2O5S/c1-20-17-28(26(32)19-27(20)33)35-30(37)25(23-9-5-21(6-10-23)13-14-31(2,3)4)18-22-7-11-24(12-8-22)29(36)34-15-16-41(38,39)40/h5-14,17,19,25H,15-16,18H2,1-4H3,(H,34,36)(H,35,37)(H,38,39,40). The smallest absolute Gasteiger partial charge is 0.266 e. The van der Waals surface area contributed by atoms with Gasteiger partial charge in [0.1, 0.15) is 5.82 Å². The first-order valence-corrected chi connectivity index (χ1v) is 15.0. The highest BCUT2D eigenvalue weighted by atomic mass is 35.5. The number of carbonyl (C=O) groups excluding carboxylic acids is 2. The molecule has 0 saturated heterocycles. The van der Waals surface area contributed by atoms with E-state index < -0.39 is 33.5 Å². The summed E-state index contributed by atoms with van der Waals surface area (Å²) < 4.78 is 44.5. The van der Waals surface area contributed by atoms with Crippen LogP contribution in [0.3, 0.4) is 0 Å². The van der Waals surface area contributed by atoms with E-state index in [-0.39, 0.29) is 22.9 Å². The Kier molecular flexibility index (Phi) is 10.5. The van der Waals surface area contributed by atoms with E-state index in [4.69, 9.17) is 16.2 Å². The van der Waals surface area contributed by atoms with Gasteiger partial charge >= 0.3 is 0 Å². The Hall–Kier alpha value is -3.53. The molecule has 0 saturated carbocycles. The third-order valence-electron chi connectivity index (χ3n) is 6.24. The fraction of sp³-hybridized carbons (Fsp3) is 0.290. The van der Waals surface area contributed by atoms with Crippen LogP contribution in [0.1, 0.15) is 59.3 Å². The second-order valence-electron chi connectivity index (χ2n) is 10.9. The summed E-state index contributed by atoms with van der Waals surface area (Å²) >= 11 is 6.21. The van der Waals surface area contributed by atoms with Crippen LogP contribution < -0.4 is 10.6 Å². The zero-order valence-electron chi connectivity index (χ0n) is 23.4. The van der Waals surface area contributed by atoms with E-state index in [0.29, 0.717) is 23.2 Å². The van der Waals surface area contributed by atoms with Crippen molar-refractivity contribution in [2.45, 2.75) is 40.0 Å². The maximum Gasteiger partial charge on any atom is 0.266 e. The lowest BCUT2D eigenvalue weighted by Crippen LogP contribution is -2.28. The van der Waals surface area contributed by atoms with Crippen molar-refractivity contribution in [3.8, 4) is 0 Å². The van der Waals surface area contributed by atoms with Gasteiger partial charge in [-0.25, -0.2) is 4.39 Å². The minimum Gasteiger partial charge on any atom is -0.351 e. The molecule has 10 heteroatoms. The molecule has 3 aromatic carbocycles. The third-order valence-corrected chi connectivity index (χ3v) is 7.27. The van der Waals surface area contributed by atoms with Gasteiger partial charge < -0.3 is 10.6 Å². The van der Waals surface area contributed by atoms with Crippen molar-refractivity contribution in [3.05, 3.63) is 105 Å². The molecule has 2 amide bonds. The van der Waals surface area contributed by atoms with Gasteiger partial charge in [0, 0.05) is 12.1 Å². The Morgan fingerprint density at radius 2 is 1.68 bits per heavy atom. The number of allylic oxidation sites excluding steroid dienone is 1. The molecule has 3 aromatic rings. The molecule has 7 nitrogen and oxygen atoms in total. The maximum absolute atomic E-state index is 13.9. The Morgan fingerprint density at radius 3 is 2.27 bits per heavy atom. The molecule has 41 heavy (non-hydrogen) atoms. The van der Waals surface area contributed by atoms with Gasteiger partial charge in [0.05, 0.1) is 22.4 Å². The molecule has 1 atom stereocenters. The van der Waals surface area contributed by atoms with E-state index in [1.807, 2.05) is 30.3 Å². The monoisotopic (exact) mass is 600 g/mol. The predicted octanol–water partition coefficient (Wildman–Crippen LogP) is 6.43. The summed E-state index contributed by atoms with van der Waals surface area (Å²) in [5, 5.41) is 5.37. The fourth-order valence-corrected chi connectivity index (χ4v) is 4.50. The normalized spacial score (nSPS) is 12.8. The SMILES string of the molecule is Cc1cc(NC(=O)C(Cc2ccc(C(=O)NCCS(=O)(=O)O)cc2)c2ccc(C=CC(C)(C)C)cc2)c(Cl)cc1F. The zero-order chi connectivity index (χ0) is 30.4. The van der Waals surface area contributed by atoms with Gasteiger partial charge in [0.25, 0.3) is 16.0 Å². The van der Waals surface area contributed by atoms with Crippen LogP contribution >= 0.6 is 11.6 Å². The number of benzene rings is 3. The molecule has 3 rings (SSSR count). The van der Waals surface area contributed by atoms with Crippen LogP contribution in [0, 0.1) is 18.2 Å². The lowest BCUT2D eigenvalue weighted by molar-refractivity contribution is -0.117. The lowest BCUT2D eigenvalue weighted by atomic mass is 9.89. The number of hydrogen-bond donors (Lipinski definition) is 3. The van der Waals surface area contributed by atoms with Gasteiger partial charge in [-0.05, 0) is 65.3 Å². The molecule has 0 spiro atoms. The van der Waals surface area contributed by atoms with E-state index in [9.17, 15) is 22.4 Å². The van der Waals surface area contributed by atoms with Crippen molar-refractivity contribution >= 4 is 45.3 Å². The van der Waals surface area contributed by atoms with Gasteiger partial charge in [0.15, 0.2) is 0 Å². The summed E-state index contributed by atoms with van der Waals surface area (Å²) in [6.45, 7) is 7.68. The summed E-state index contributed by atoms with van der Waals surface area (Å²) in [6.07, 6.45) is 4.43. The Morgan fingerprint density at radius 1 is 1.05 bits per heavy atom. The maximum atomic E-state index is 13.9. The summed E-state index contributed by atoms with van der Waals surface area (Å²) in [4.78, 5) is 25.9. The number of hydrogen-bond acceptors (Lipinski definition) is 4. The van der Waals surface area contributed by atoms with Crippen LogP contribution in [0.2, 0.25) is 5.02 Å². The van der Waals surface area contributed by atoms with Gasteiger partial charge in [-0.2, -0.15) is 8.42 Å². The second kappa shape index (κ2) is 13.4. The van der Waals surface area contributed by atoms with Crippen molar-refractivity contribution in [1.29, 1.82) is 0 Å². The molecule has 0 aliphatic rings. The molecule has 0 aromatic heterocycles. The van der Waals surface area contributed by atoms with Crippen LogP contribution in [0.15, 0.2) is 66.7 Å². The average molecular weight is 601 g/mol. The zero-order valence-corrected chi connectivity index (χ0v) is 24.9. The van der Waals surface area contributed by atoms with Crippen LogP contribution in [0.4, 0.5) is 10.1 Å². The first-order chi connectivity index (χ1) is 19.1. The quantitative estimate of drug-likeness (QED) is 0.232. The van der Waals surface area contributed by atoms with Crippen molar-refractivity contribution in [1.82, 2.24) is 5.32 Å². The first-order valence-electron chi connectivity index (χ1n) is 13.0. The van der Waals surface area contributed by atoms with Crippen molar-refractivity contribution < 1.29 is 27.0 Å². The number of aryl methyl sites for hydroxylation is 1. The van der Waals surface area contributed by atoms with Crippen molar-refractivity contribution in [2.24, 2.45) is 5.41 Å². The van der Waals surface area contributed by atoms with Crippen LogP contribution in [-0.2, 0) is 21.3 Å². The summed E-state index contributed by atoms with van der Waals surface area (Å²) in [5.41, 5.74) is 3.50. The topological polar surface area (TPSA) is 113 Å². The molecular weight excluding hydrogens is 567 g/mol. The Labute approximate surface area is 245 Å². The molecule has 0 fully saturated rings. The molecule has 1 unspecified atom stereocenters. The summed E-state index contributed by atoms with van der Waals surface area (Å²) in [6, 6.07) is 16.9. The molecule has 0 aliphatic heterocycles. The van der Waals surface area contributed by atoms with Crippen molar-refractivity contribution in [3.63, 3.8) is 0 Å². The lowest BCUT2D eigenvalue weighted by Gasteiger charge is -2.19. The summed E-state index contributed by atoms with van der Waals surface area (Å²) in [7, 11) is -4.18. The number of amides is 2. The number of carbonyl (C=O) groups is 2. The molecule has 218 valence electrons. The fourth-order valence-electron chi connectivity index (χ4n) is 3.94. The number of halogens is 2. The molecule has 0 heterocycles. The number of rotatable bonds is 10. The summed E-state index contributed by atoms with van der Waals surface area (Å²) in [5.74, 6) is -2.51. The highest BCUT2D eigenvalue weighted by Gasteiger charge is 2.23. The Balaban J connectivity index is 1.84. The van der Waals surface area contributed by atoms with E-state index >= 15 is 0 Å². The van der Waals surface area contributed by atoms with Crippen LogP contribution in [-0.4, -0.2) is 37.1 Å². The van der Waals surface area contributed by atoms with Crippen LogP contribution in [0.25, 0.3) is 6.08 Å². The number of anilines is 1. The molecular formula is C31H34ClFN2O5S. The van der Waals surface area contributed by atoms with E-state index in [1.54, 1.807) is 31.2 Å². The third kappa shape index (κ3) is 10.1. The highest BCUT2D eigenvalue weighted by molar-refractivity contribution is 7.85. The van der Waals surface area contributed by atoms with E-state index in [2.05, 4.69) is 37.5 Å². The molecule has 0 aliphatic carbocycles. The molecule has 3 N–H and O–H groups in total. The first kappa shape index (κ1) is 32.0. The van der Waals surface area contributed by atoms with Crippen molar-refractivity contribution in [2.75, 3.05) is 17.6 Å². The predicted molar refractivity (Wildman–Crippen MR) is 161 cm³/mol.